The quantitative estimate of drug-likeness (QED) is 0.805. The summed E-state index contributed by atoms with van der Waals surface area (Å²) in [6.45, 7) is 4.13. The van der Waals surface area contributed by atoms with Gasteiger partial charge in [-0.3, -0.25) is 0 Å². The second kappa shape index (κ2) is 5.52. The lowest BCUT2D eigenvalue weighted by molar-refractivity contribution is 0.104. The van der Waals surface area contributed by atoms with Gasteiger partial charge in [0.1, 0.15) is 6.10 Å². The highest BCUT2D eigenvalue weighted by molar-refractivity contribution is 7.91. The highest BCUT2D eigenvalue weighted by Gasteiger charge is 2.28. The van der Waals surface area contributed by atoms with Crippen molar-refractivity contribution in [2.45, 2.75) is 32.8 Å². The Bertz CT molecular complexity index is 339. The number of hydrogen-bond acceptors (Lipinski definition) is 4. The van der Waals surface area contributed by atoms with E-state index >= 15 is 0 Å². The predicted molar refractivity (Wildman–Crippen MR) is 61.0 cm³/mol. The number of hydrogen-bond donors (Lipinski definition) is 1. The van der Waals surface area contributed by atoms with Crippen LogP contribution in [-0.4, -0.2) is 38.7 Å². The smallest absolute Gasteiger partial charge is 0.407 e. The number of alkyl carbamates (subject to hydrolysis) is 1. The highest BCUT2D eigenvalue weighted by Crippen LogP contribution is 2.17. The van der Waals surface area contributed by atoms with Gasteiger partial charge >= 0.3 is 6.09 Å². The topological polar surface area (TPSA) is 72.5 Å². The van der Waals surface area contributed by atoms with Gasteiger partial charge in [-0.1, -0.05) is 6.92 Å². The van der Waals surface area contributed by atoms with Crippen molar-refractivity contribution >= 4 is 15.9 Å². The second-order valence-corrected chi connectivity index (χ2v) is 6.50. The number of nitrogens with one attached hydrogen (secondary N) is 1. The van der Waals surface area contributed by atoms with Crippen LogP contribution in [0.4, 0.5) is 4.79 Å². The molecule has 94 valence electrons. The van der Waals surface area contributed by atoms with Crippen molar-refractivity contribution in [1.29, 1.82) is 0 Å². The van der Waals surface area contributed by atoms with E-state index in [2.05, 4.69) is 5.32 Å². The van der Waals surface area contributed by atoms with Gasteiger partial charge in [-0.15, -0.1) is 0 Å². The third kappa shape index (κ3) is 4.38. The molecule has 6 heteroatoms. The van der Waals surface area contributed by atoms with Gasteiger partial charge in [-0.2, -0.15) is 0 Å². The molecule has 1 aliphatic heterocycles. The summed E-state index contributed by atoms with van der Waals surface area (Å²) in [4.78, 5) is 11.2. The maximum absolute atomic E-state index is 11.2. The van der Waals surface area contributed by atoms with Crippen LogP contribution in [0, 0.1) is 5.92 Å². The van der Waals surface area contributed by atoms with E-state index in [0.717, 1.165) is 6.42 Å². The van der Waals surface area contributed by atoms with Gasteiger partial charge in [-0.05, 0) is 25.7 Å². The molecule has 1 N–H and O–H groups in total. The molecule has 0 radical (unpaired) electrons. The Kier molecular flexibility index (Phi) is 4.58. The van der Waals surface area contributed by atoms with Crippen molar-refractivity contribution in [1.82, 2.24) is 5.32 Å². The van der Waals surface area contributed by atoms with Crippen LogP contribution in [0.15, 0.2) is 0 Å². The lowest BCUT2D eigenvalue weighted by Gasteiger charge is -2.13. The molecule has 1 saturated heterocycles. The van der Waals surface area contributed by atoms with Crippen LogP contribution in [0.25, 0.3) is 0 Å². The molecule has 1 aliphatic rings. The van der Waals surface area contributed by atoms with Gasteiger partial charge in [-0.25, -0.2) is 13.2 Å². The van der Waals surface area contributed by atoms with Crippen LogP contribution >= 0.6 is 0 Å². The van der Waals surface area contributed by atoms with Crippen molar-refractivity contribution in [2.24, 2.45) is 5.92 Å². The molecule has 16 heavy (non-hydrogen) atoms. The standard InChI is InChI=1S/C10H19NO4S/c1-3-8(2)15-10(12)11-6-9-4-5-16(13,14)7-9/h8-9H,3-7H2,1-2H3,(H,11,12)/t8-,9-/m0/s1. The number of sulfone groups is 1. The van der Waals surface area contributed by atoms with Crippen molar-refractivity contribution in [3.8, 4) is 0 Å². The maximum Gasteiger partial charge on any atom is 0.407 e. The van der Waals surface area contributed by atoms with Crippen LogP contribution in [0.3, 0.4) is 0 Å². The second-order valence-electron chi connectivity index (χ2n) is 4.27. The Morgan fingerprint density at radius 1 is 1.56 bits per heavy atom. The fourth-order valence-electron chi connectivity index (χ4n) is 1.57. The molecule has 0 aromatic carbocycles. The largest absolute Gasteiger partial charge is 0.447 e. The minimum atomic E-state index is -2.86. The molecule has 0 spiro atoms. The number of amides is 1. The van der Waals surface area contributed by atoms with Crippen molar-refractivity contribution in [3.63, 3.8) is 0 Å². The van der Waals surface area contributed by atoms with Gasteiger partial charge in [0.15, 0.2) is 9.84 Å². The molecule has 1 fully saturated rings. The van der Waals surface area contributed by atoms with E-state index < -0.39 is 15.9 Å². The van der Waals surface area contributed by atoms with Crippen LogP contribution < -0.4 is 5.32 Å². The molecule has 0 aliphatic carbocycles. The molecule has 2 atom stereocenters. The summed E-state index contributed by atoms with van der Waals surface area (Å²) in [5.41, 5.74) is 0. The number of carbonyl (C=O) groups is 1. The van der Waals surface area contributed by atoms with Crippen LogP contribution in [0.5, 0.6) is 0 Å². The molecule has 5 nitrogen and oxygen atoms in total. The fraction of sp³-hybridized carbons (Fsp3) is 0.900. The molecule has 0 aromatic rings. The Labute approximate surface area is 96.5 Å². The number of carbonyl (C=O) groups excluding carboxylic acids is 1. The third-order valence-corrected chi connectivity index (χ3v) is 4.58. The van der Waals surface area contributed by atoms with E-state index in [4.69, 9.17) is 4.74 Å². The van der Waals surface area contributed by atoms with Gasteiger partial charge in [0, 0.05) is 6.54 Å². The Hall–Kier alpha value is -0.780. The van der Waals surface area contributed by atoms with Crippen molar-refractivity contribution in [3.05, 3.63) is 0 Å². The fourth-order valence-corrected chi connectivity index (χ4v) is 3.43. The Balaban J connectivity index is 2.23. The van der Waals surface area contributed by atoms with E-state index in [1.807, 2.05) is 13.8 Å². The minimum Gasteiger partial charge on any atom is -0.447 e. The minimum absolute atomic E-state index is 0.0366. The summed E-state index contributed by atoms with van der Waals surface area (Å²) in [5.74, 6) is 0.450. The SMILES string of the molecule is CC[C@H](C)OC(=O)NC[C@@H]1CCS(=O)(=O)C1. The van der Waals surface area contributed by atoms with E-state index in [1.165, 1.54) is 0 Å². The molecule has 0 unspecified atom stereocenters. The first-order valence-electron chi connectivity index (χ1n) is 5.58. The zero-order chi connectivity index (χ0) is 12.2. The first kappa shape index (κ1) is 13.3. The van der Waals surface area contributed by atoms with E-state index in [1.54, 1.807) is 0 Å². The first-order chi connectivity index (χ1) is 7.43. The first-order valence-corrected chi connectivity index (χ1v) is 7.40. The lowest BCUT2D eigenvalue weighted by Crippen LogP contribution is -2.32. The molecule has 0 saturated carbocycles. The van der Waals surface area contributed by atoms with Crippen LogP contribution in [-0.2, 0) is 14.6 Å². The van der Waals surface area contributed by atoms with Crippen LogP contribution in [0.1, 0.15) is 26.7 Å². The molecular formula is C10H19NO4S. The monoisotopic (exact) mass is 249 g/mol. The molecule has 0 bridgehead atoms. The Morgan fingerprint density at radius 3 is 2.75 bits per heavy atom. The summed E-state index contributed by atoms with van der Waals surface area (Å²) >= 11 is 0. The number of ether oxygens (including phenoxy) is 1. The van der Waals surface area contributed by atoms with E-state index in [-0.39, 0.29) is 23.5 Å². The molecule has 1 rings (SSSR count). The highest BCUT2D eigenvalue weighted by atomic mass is 32.2. The molecule has 1 heterocycles. The maximum atomic E-state index is 11.2. The van der Waals surface area contributed by atoms with Gasteiger partial charge < -0.3 is 10.1 Å². The van der Waals surface area contributed by atoms with Crippen molar-refractivity contribution < 1.29 is 17.9 Å². The van der Waals surface area contributed by atoms with Gasteiger partial charge in [0.2, 0.25) is 0 Å². The summed E-state index contributed by atoms with van der Waals surface area (Å²) in [7, 11) is -2.86. The average Bonchev–Trinajstić information content (AvgIpc) is 2.55. The third-order valence-electron chi connectivity index (χ3n) is 2.74. The van der Waals surface area contributed by atoms with Crippen LogP contribution in [0.2, 0.25) is 0 Å². The van der Waals surface area contributed by atoms with E-state index in [0.29, 0.717) is 13.0 Å². The van der Waals surface area contributed by atoms with Gasteiger partial charge in [0.25, 0.3) is 0 Å². The predicted octanol–water partition coefficient (Wildman–Crippen LogP) is 0.946. The van der Waals surface area contributed by atoms with Gasteiger partial charge in [0.05, 0.1) is 11.5 Å². The lowest BCUT2D eigenvalue weighted by atomic mass is 10.1. The Morgan fingerprint density at radius 2 is 2.25 bits per heavy atom. The normalized spacial score (nSPS) is 25.0. The number of rotatable bonds is 4. The molecule has 1 amide bonds. The summed E-state index contributed by atoms with van der Waals surface area (Å²) in [6.07, 6.45) is 0.836. The summed E-state index contributed by atoms with van der Waals surface area (Å²) in [6, 6.07) is 0. The summed E-state index contributed by atoms with van der Waals surface area (Å²) < 4.78 is 27.3. The summed E-state index contributed by atoms with van der Waals surface area (Å²) in [5, 5.41) is 2.60. The van der Waals surface area contributed by atoms with E-state index in [9.17, 15) is 13.2 Å². The molecular weight excluding hydrogens is 230 g/mol. The average molecular weight is 249 g/mol. The zero-order valence-electron chi connectivity index (χ0n) is 9.73. The molecule has 0 aromatic heterocycles. The zero-order valence-corrected chi connectivity index (χ0v) is 10.5. The van der Waals surface area contributed by atoms with Crippen molar-refractivity contribution in [2.75, 3.05) is 18.1 Å².